The van der Waals surface area contributed by atoms with Crippen molar-refractivity contribution in [1.29, 1.82) is 0 Å². The average Bonchev–Trinajstić information content (AvgIpc) is 3.01. The Bertz CT molecular complexity index is 915. The van der Waals surface area contributed by atoms with E-state index in [2.05, 4.69) is 5.32 Å². The van der Waals surface area contributed by atoms with Crippen molar-refractivity contribution in [1.82, 2.24) is 4.31 Å². The maximum Gasteiger partial charge on any atom is 0.248 e. The van der Waals surface area contributed by atoms with Gasteiger partial charge in [-0.2, -0.15) is 4.31 Å². The molecule has 26 heavy (non-hydrogen) atoms. The Morgan fingerprint density at radius 3 is 2.50 bits per heavy atom. The van der Waals surface area contributed by atoms with Crippen molar-refractivity contribution in [2.24, 2.45) is 0 Å². The lowest BCUT2D eigenvalue weighted by Crippen LogP contribution is -2.30. The molecule has 8 heteroatoms. The second-order valence-corrected chi connectivity index (χ2v) is 7.82. The van der Waals surface area contributed by atoms with Gasteiger partial charge >= 0.3 is 0 Å². The van der Waals surface area contributed by atoms with Crippen molar-refractivity contribution in [2.45, 2.75) is 25.7 Å². The van der Waals surface area contributed by atoms with Crippen molar-refractivity contribution < 1.29 is 17.6 Å². The number of amides is 1. The summed E-state index contributed by atoms with van der Waals surface area (Å²) < 4.78 is 32.0. The van der Waals surface area contributed by atoms with Crippen LogP contribution in [-0.2, 0) is 14.8 Å². The van der Waals surface area contributed by atoms with Crippen molar-refractivity contribution >= 4 is 39.3 Å². The molecular formula is C18H21ClN2O4S. The average molecular weight is 397 g/mol. The molecule has 6 nitrogen and oxygen atoms in total. The van der Waals surface area contributed by atoms with Gasteiger partial charge in [-0.05, 0) is 43.3 Å². The van der Waals surface area contributed by atoms with E-state index in [4.69, 9.17) is 16.0 Å². The molecule has 0 saturated carbocycles. The molecule has 0 aliphatic rings. The Morgan fingerprint density at radius 1 is 1.23 bits per heavy atom. The number of carbonyl (C=O) groups excluding carboxylic acids is 1. The van der Waals surface area contributed by atoms with E-state index in [1.807, 2.05) is 6.92 Å². The minimum Gasteiger partial charge on any atom is -0.462 e. The maximum atomic E-state index is 12.7. The van der Waals surface area contributed by atoms with Crippen LogP contribution in [-0.4, -0.2) is 31.7 Å². The number of aryl methyl sites for hydroxylation is 1. The van der Waals surface area contributed by atoms with Crippen LogP contribution in [0.15, 0.2) is 45.7 Å². The third-order valence-corrected chi connectivity index (χ3v) is 6.21. The van der Waals surface area contributed by atoms with Crippen LogP contribution in [0, 0.1) is 6.92 Å². The number of anilines is 1. The molecule has 1 aromatic carbocycles. The quantitative estimate of drug-likeness (QED) is 0.719. The summed E-state index contributed by atoms with van der Waals surface area (Å²) in [6, 6.07) is 7.90. The number of sulfonamides is 1. The molecule has 0 aliphatic heterocycles. The molecule has 1 N–H and O–H groups in total. The van der Waals surface area contributed by atoms with Crippen LogP contribution in [0.5, 0.6) is 0 Å². The van der Waals surface area contributed by atoms with E-state index < -0.39 is 15.9 Å². The van der Waals surface area contributed by atoms with Crippen LogP contribution in [0.2, 0.25) is 5.02 Å². The third kappa shape index (κ3) is 4.75. The number of furan rings is 1. The molecule has 0 fully saturated rings. The van der Waals surface area contributed by atoms with Crippen LogP contribution in [0.25, 0.3) is 6.08 Å². The highest BCUT2D eigenvalue weighted by Gasteiger charge is 2.24. The van der Waals surface area contributed by atoms with Gasteiger partial charge in [0.2, 0.25) is 15.9 Å². The first-order chi connectivity index (χ1) is 12.3. The van der Waals surface area contributed by atoms with Crippen molar-refractivity contribution in [3.05, 3.63) is 53.0 Å². The summed E-state index contributed by atoms with van der Waals surface area (Å²) in [4.78, 5) is 12.0. The Labute approximate surface area is 158 Å². The zero-order valence-corrected chi connectivity index (χ0v) is 16.4. The Morgan fingerprint density at radius 2 is 1.92 bits per heavy atom. The Hall–Kier alpha value is -2.09. The smallest absolute Gasteiger partial charge is 0.248 e. The Kier molecular flexibility index (Phi) is 6.63. The molecule has 1 heterocycles. The number of nitrogens with one attached hydrogen (secondary N) is 1. The van der Waals surface area contributed by atoms with Gasteiger partial charge in [-0.1, -0.05) is 25.4 Å². The maximum absolute atomic E-state index is 12.7. The zero-order chi connectivity index (χ0) is 19.3. The van der Waals surface area contributed by atoms with Crippen molar-refractivity contribution in [3.8, 4) is 0 Å². The van der Waals surface area contributed by atoms with Crippen molar-refractivity contribution in [2.75, 3.05) is 18.4 Å². The monoisotopic (exact) mass is 396 g/mol. The molecule has 0 atom stereocenters. The molecule has 0 bridgehead atoms. The molecule has 1 aromatic heterocycles. The van der Waals surface area contributed by atoms with E-state index in [1.165, 1.54) is 28.6 Å². The van der Waals surface area contributed by atoms with E-state index in [0.29, 0.717) is 24.5 Å². The molecule has 2 rings (SSSR count). The summed E-state index contributed by atoms with van der Waals surface area (Å²) in [6.07, 6.45) is 2.84. The second-order valence-electron chi connectivity index (χ2n) is 5.51. The summed E-state index contributed by atoms with van der Waals surface area (Å²) in [6.45, 7) is 5.97. The van der Waals surface area contributed by atoms with Gasteiger partial charge in [0.15, 0.2) is 0 Å². The molecule has 0 saturated heterocycles. The predicted molar refractivity (Wildman–Crippen MR) is 103 cm³/mol. The highest BCUT2D eigenvalue weighted by molar-refractivity contribution is 7.89. The SMILES string of the molecule is CCN(CC)S(=O)(=O)c1cc(NC(=O)C=Cc2ccc(C)o2)ccc1Cl. The van der Waals surface area contributed by atoms with Crippen LogP contribution < -0.4 is 5.32 Å². The largest absolute Gasteiger partial charge is 0.462 e. The summed E-state index contributed by atoms with van der Waals surface area (Å²) in [5, 5.41) is 2.73. The number of nitrogens with zero attached hydrogens (tertiary/aromatic N) is 1. The van der Waals surface area contributed by atoms with Crippen LogP contribution in [0.3, 0.4) is 0 Å². The number of rotatable bonds is 7. The number of carbonyl (C=O) groups is 1. The van der Waals surface area contributed by atoms with Gasteiger partial charge in [0.1, 0.15) is 16.4 Å². The predicted octanol–water partition coefficient (Wildman–Crippen LogP) is 3.92. The lowest BCUT2D eigenvalue weighted by Gasteiger charge is -2.19. The lowest BCUT2D eigenvalue weighted by molar-refractivity contribution is -0.111. The molecule has 0 spiro atoms. The topological polar surface area (TPSA) is 79.6 Å². The van der Waals surface area contributed by atoms with Gasteiger partial charge in [0.05, 0.1) is 5.02 Å². The highest BCUT2D eigenvalue weighted by Crippen LogP contribution is 2.27. The lowest BCUT2D eigenvalue weighted by atomic mass is 10.3. The zero-order valence-electron chi connectivity index (χ0n) is 14.8. The fraction of sp³-hybridized carbons (Fsp3) is 0.278. The fourth-order valence-electron chi connectivity index (χ4n) is 2.37. The molecule has 1 amide bonds. The fourth-order valence-corrected chi connectivity index (χ4v) is 4.32. The number of hydrogen-bond acceptors (Lipinski definition) is 4. The third-order valence-electron chi connectivity index (χ3n) is 3.68. The van der Waals surface area contributed by atoms with Gasteiger partial charge in [0.25, 0.3) is 0 Å². The van der Waals surface area contributed by atoms with Crippen molar-refractivity contribution in [3.63, 3.8) is 0 Å². The molecule has 0 unspecified atom stereocenters. The Balaban J connectivity index is 2.21. The number of halogens is 1. The first-order valence-corrected chi connectivity index (χ1v) is 9.95. The van der Waals surface area contributed by atoms with Gasteiger partial charge in [-0.15, -0.1) is 0 Å². The molecular weight excluding hydrogens is 376 g/mol. The normalized spacial score (nSPS) is 12.0. The standard InChI is InChI=1S/C18H21ClN2O4S/c1-4-21(5-2)26(23,24)17-12-14(7-10-16(17)19)20-18(22)11-9-15-8-6-13(3)25-15/h6-12H,4-5H2,1-3H3,(H,20,22). The molecule has 140 valence electrons. The molecule has 0 radical (unpaired) electrons. The summed E-state index contributed by atoms with van der Waals surface area (Å²) in [5.41, 5.74) is 0.338. The first-order valence-electron chi connectivity index (χ1n) is 8.13. The van der Waals surface area contributed by atoms with E-state index in [1.54, 1.807) is 32.0 Å². The first kappa shape index (κ1) is 20.2. The highest BCUT2D eigenvalue weighted by atomic mass is 35.5. The molecule has 2 aromatic rings. The number of benzene rings is 1. The van der Waals surface area contributed by atoms with Crippen LogP contribution in [0.1, 0.15) is 25.4 Å². The van der Waals surface area contributed by atoms with E-state index in [-0.39, 0.29) is 9.92 Å². The van der Waals surface area contributed by atoms with Crippen LogP contribution in [0.4, 0.5) is 5.69 Å². The van der Waals surface area contributed by atoms with E-state index >= 15 is 0 Å². The minimum atomic E-state index is -3.73. The minimum absolute atomic E-state index is 0.0358. The van der Waals surface area contributed by atoms with Gasteiger partial charge < -0.3 is 9.73 Å². The van der Waals surface area contributed by atoms with Crippen LogP contribution >= 0.6 is 11.6 Å². The van der Waals surface area contributed by atoms with E-state index in [0.717, 1.165) is 5.76 Å². The summed E-state index contributed by atoms with van der Waals surface area (Å²) in [5.74, 6) is 0.889. The van der Waals surface area contributed by atoms with Gasteiger partial charge in [-0.3, -0.25) is 4.79 Å². The second kappa shape index (κ2) is 8.53. The van der Waals surface area contributed by atoms with E-state index in [9.17, 15) is 13.2 Å². The molecule has 0 aliphatic carbocycles. The summed E-state index contributed by atoms with van der Waals surface area (Å²) >= 11 is 6.07. The summed E-state index contributed by atoms with van der Waals surface area (Å²) in [7, 11) is -3.73. The van der Waals surface area contributed by atoms with Gasteiger partial charge in [0, 0.05) is 24.9 Å². The number of hydrogen-bond donors (Lipinski definition) is 1. The van der Waals surface area contributed by atoms with Gasteiger partial charge in [-0.25, -0.2) is 8.42 Å².